The van der Waals surface area contributed by atoms with Gasteiger partial charge in [0.2, 0.25) is 0 Å². The zero-order valence-corrected chi connectivity index (χ0v) is 17.8. The predicted molar refractivity (Wildman–Crippen MR) is 115 cm³/mol. The van der Waals surface area contributed by atoms with E-state index in [0.29, 0.717) is 11.1 Å². The Kier molecular flexibility index (Phi) is 8.42. The van der Waals surface area contributed by atoms with Gasteiger partial charge in [0.1, 0.15) is 11.5 Å². The van der Waals surface area contributed by atoms with Crippen LogP contribution in [0.5, 0.6) is 0 Å². The molecule has 0 spiro atoms. The third kappa shape index (κ3) is 6.67. The zero-order chi connectivity index (χ0) is 23.2. The maximum atomic E-state index is 13.3. The summed E-state index contributed by atoms with van der Waals surface area (Å²) in [7, 11) is 0. The fraction of sp³-hybridized carbons (Fsp3) is 0.182. The minimum absolute atomic E-state index is 0.0202. The Labute approximate surface area is 187 Å². The van der Waals surface area contributed by atoms with Crippen LogP contribution in [-0.4, -0.2) is 25.3 Å². The summed E-state index contributed by atoms with van der Waals surface area (Å²) in [5, 5.41) is 2.99. The van der Waals surface area contributed by atoms with E-state index in [9.17, 15) is 22.4 Å². The summed E-state index contributed by atoms with van der Waals surface area (Å²) in [5.74, 6) is -1.52. The number of hydrogen-bond acceptors (Lipinski definition) is 2. The van der Waals surface area contributed by atoms with Gasteiger partial charge in [0, 0.05) is 12.5 Å². The van der Waals surface area contributed by atoms with Crippen LogP contribution in [0.4, 0.5) is 17.6 Å². The Morgan fingerprint density at radius 2 is 1.81 bits per heavy atom. The van der Waals surface area contributed by atoms with Crippen molar-refractivity contribution in [3.8, 4) is 0 Å². The Morgan fingerprint density at radius 1 is 1.16 bits per heavy atom. The van der Waals surface area contributed by atoms with E-state index in [-0.39, 0.29) is 22.2 Å². The number of aliphatic imine (C=N–C) groups is 1. The van der Waals surface area contributed by atoms with E-state index in [0.717, 1.165) is 6.08 Å². The first-order valence-corrected chi connectivity index (χ1v) is 9.70. The molecule has 164 valence electrons. The largest absolute Gasteiger partial charge is 0.433 e. The first kappa shape index (κ1) is 24.6. The molecule has 0 aliphatic heterocycles. The van der Waals surface area contributed by atoms with Crippen LogP contribution in [0, 0.1) is 5.82 Å². The van der Waals surface area contributed by atoms with Gasteiger partial charge >= 0.3 is 6.18 Å². The summed E-state index contributed by atoms with van der Waals surface area (Å²) in [4.78, 5) is 15.6. The molecular weight excluding hydrogens is 455 g/mol. The molecule has 0 saturated carbocycles. The van der Waals surface area contributed by atoms with E-state index in [1.807, 2.05) is 0 Å². The second-order valence-corrected chi connectivity index (χ2v) is 7.32. The molecule has 31 heavy (non-hydrogen) atoms. The van der Waals surface area contributed by atoms with Crippen molar-refractivity contribution in [2.24, 2.45) is 4.99 Å². The summed E-state index contributed by atoms with van der Waals surface area (Å²) in [6, 6.07) is 10.0. The van der Waals surface area contributed by atoms with Gasteiger partial charge in [0.25, 0.3) is 5.91 Å². The molecule has 2 aromatic carbocycles. The van der Waals surface area contributed by atoms with Crippen LogP contribution in [0.3, 0.4) is 0 Å². The lowest BCUT2D eigenvalue weighted by Crippen LogP contribution is -2.29. The predicted octanol–water partition coefficient (Wildman–Crippen LogP) is 6.74. The highest BCUT2D eigenvalue weighted by molar-refractivity contribution is 6.43. The first-order chi connectivity index (χ1) is 14.5. The van der Waals surface area contributed by atoms with Crippen LogP contribution in [0.15, 0.2) is 70.9 Å². The summed E-state index contributed by atoms with van der Waals surface area (Å²) in [6.07, 6.45) is -2.61. The van der Waals surface area contributed by atoms with Crippen molar-refractivity contribution < 1.29 is 22.4 Å². The molecule has 1 amide bonds. The molecule has 9 heteroatoms. The molecular formula is C22H18Cl2F4N2O. The van der Waals surface area contributed by atoms with Crippen molar-refractivity contribution in [3.63, 3.8) is 0 Å². The van der Waals surface area contributed by atoms with E-state index in [2.05, 4.69) is 17.0 Å². The average Bonchev–Trinajstić information content (AvgIpc) is 2.70. The molecule has 0 fully saturated rings. The van der Waals surface area contributed by atoms with Crippen molar-refractivity contribution in [3.05, 3.63) is 92.9 Å². The molecule has 3 nitrogen and oxygen atoms in total. The van der Waals surface area contributed by atoms with Crippen molar-refractivity contribution >= 4 is 35.8 Å². The minimum Gasteiger partial charge on any atom is -0.351 e. The number of hydrogen-bond donors (Lipinski definition) is 1. The fourth-order valence-corrected chi connectivity index (χ4v) is 3.16. The minimum atomic E-state index is -4.65. The van der Waals surface area contributed by atoms with Gasteiger partial charge in [-0.2, -0.15) is 13.2 Å². The van der Waals surface area contributed by atoms with Gasteiger partial charge in [-0.25, -0.2) is 4.39 Å². The number of rotatable bonds is 7. The summed E-state index contributed by atoms with van der Waals surface area (Å²) < 4.78 is 52.0. The number of alkyl halides is 3. The molecule has 0 heterocycles. The molecule has 2 rings (SSSR count). The molecule has 0 aromatic heterocycles. The lowest BCUT2D eigenvalue weighted by atomic mass is 9.91. The van der Waals surface area contributed by atoms with E-state index in [1.165, 1.54) is 42.5 Å². The molecule has 1 atom stereocenters. The normalized spacial score (nSPS) is 13.6. The lowest BCUT2D eigenvalue weighted by molar-refractivity contribution is -0.0922. The zero-order valence-electron chi connectivity index (χ0n) is 16.3. The second-order valence-electron chi connectivity index (χ2n) is 6.53. The van der Waals surface area contributed by atoms with Crippen LogP contribution in [0.2, 0.25) is 10.0 Å². The van der Waals surface area contributed by atoms with Gasteiger partial charge in [-0.3, -0.25) is 9.79 Å². The molecule has 0 saturated heterocycles. The van der Waals surface area contributed by atoms with E-state index < -0.39 is 29.5 Å². The Balaban J connectivity index is 2.33. The Bertz CT molecular complexity index is 1020. The van der Waals surface area contributed by atoms with E-state index in [1.54, 1.807) is 13.0 Å². The van der Waals surface area contributed by atoms with Crippen LogP contribution in [0.25, 0.3) is 0 Å². The maximum Gasteiger partial charge on any atom is 0.433 e. The van der Waals surface area contributed by atoms with E-state index >= 15 is 0 Å². The monoisotopic (exact) mass is 472 g/mol. The van der Waals surface area contributed by atoms with Crippen molar-refractivity contribution in [1.29, 1.82) is 0 Å². The quantitative estimate of drug-likeness (QED) is 0.270. The van der Waals surface area contributed by atoms with Crippen LogP contribution in [0.1, 0.15) is 28.8 Å². The fourth-order valence-electron chi connectivity index (χ4n) is 2.77. The number of allylic oxidation sites excluding steroid dienone is 3. The van der Waals surface area contributed by atoms with Gasteiger partial charge in [0.15, 0.2) is 0 Å². The molecule has 0 aliphatic rings. The average molecular weight is 473 g/mol. The van der Waals surface area contributed by atoms with Crippen molar-refractivity contribution in [2.45, 2.75) is 19.0 Å². The SMILES string of the molecule is C=N/C(=C\C=C(/C)C(CNC(=O)c1cccc(Cl)c1Cl)c1ccc(F)cc1)C(F)(F)F. The second kappa shape index (κ2) is 10.6. The van der Waals surface area contributed by atoms with Crippen LogP contribution in [-0.2, 0) is 0 Å². The molecule has 0 radical (unpaired) electrons. The number of benzene rings is 2. The van der Waals surface area contributed by atoms with Crippen molar-refractivity contribution in [2.75, 3.05) is 6.54 Å². The third-order valence-corrected chi connectivity index (χ3v) is 5.27. The summed E-state index contributed by atoms with van der Waals surface area (Å²) in [5.41, 5.74) is 0.0823. The maximum absolute atomic E-state index is 13.3. The van der Waals surface area contributed by atoms with Gasteiger partial charge in [-0.05, 0) is 49.5 Å². The van der Waals surface area contributed by atoms with Crippen molar-refractivity contribution in [1.82, 2.24) is 5.32 Å². The highest BCUT2D eigenvalue weighted by Gasteiger charge is 2.32. The number of carbonyl (C=O) groups excluding carboxylic acids is 1. The highest BCUT2D eigenvalue weighted by Crippen LogP contribution is 2.29. The van der Waals surface area contributed by atoms with Crippen LogP contribution >= 0.6 is 23.2 Å². The Hall–Kier alpha value is -2.64. The number of amides is 1. The number of nitrogens with zero attached hydrogens (tertiary/aromatic N) is 1. The Morgan fingerprint density at radius 3 is 2.39 bits per heavy atom. The topological polar surface area (TPSA) is 41.5 Å². The first-order valence-electron chi connectivity index (χ1n) is 8.94. The molecule has 0 bridgehead atoms. The smallest absolute Gasteiger partial charge is 0.351 e. The highest BCUT2D eigenvalue weighted by atomic mass is 35.5. The standard InChI is InChI=1S/C22H18Cl2F4N2O/c1-13(6-11-19(29-2)22(26,27)28)17(14-7-9-15(25)10-8-14)12-30-21(31)16-4-3-5-18(23)20(16)24/h3-11,17H,2,12H2,1H3,(H,30,31)/b13-6+,19-11-. The number of nitrogens with one attached hydrogen (secondary N) is 1. The van der Waals surface area contributed by atoms with Crippen LogP contribution < -0.4 is 5.32 Å². The van der Waals surface area contributed by atoms with E-state index in [4.69, 9.17) is 23.2 Å². The molecule has 0 aliphatic carbocycles. The summed E-state index contributed by atoms with van der Waals surface area (Å²) >= 11 is 12.0. The number of halogens is 6. The molecule has 1 unspecified atom stereocenters. The van der Waals surface area contributed by atoms with Gasteiger partial charge in [-0.15, -0.1) is 0 Å². The number of carbonyl (C=O) groups is 1. The van der Waals surface area contributed by atoms with Gasteiger partial charge in [0.05, 0.1) is 15.6 Å². The third-order valence-electron chi connectivity index (χ3n) is 4.45. The van der Waals surface area contributed by atoms with Gasteiger partial charge < -0.3 is 5.32 Å². The molecule has 2 aromatic rings. The summed E-state index contributed by atoms with van der Waals surface area (Å²) in [6.45, 7) is 4.55. The van der Waals surface area contributed by atoms with Gasteiger partial charge in [-0.1, -0.05) is 53.1 Å². The lowest BCUT2D eigenvalue weighted by Gasteiger charge is -2.20. The molecule has 1 N–H and O–H groups in total.